The topological polar surface area (TPSA) is 40.5 Å². The van der Waals surface area contributed by atoms with Crippen molar-refractivity contribution in [3.05, 3.63) is 0 Å². The summed E-state index contributed by atoms with van der Waals surface area (Å²) in [4.78, 5) is 0. The molecule has 3 atom stereocenters. The first-order chi connectivity index (χ1) is 5.31. The molecule has 0 aromatic carbocycles. The van der Waals surface area contributed by atoms with Gasteiger partial charge in [0, 0.05) is 0 Å². The van der Waals surface area contributed by atoms with Crippen LogP contribution in [0.4, 0.5) is 0 Å². The molecule has 2 heteroatoms. The third-order valence-electron chi connectivity index (χ3n) is 4.50. The molecule has 0 spiro atoms. The van der Waals surface area contributed by atoms with Gasteiger partial charge in [0.1, 0.15) is 0 Å². The Kier molecular flexibility index (Phi) is 1.33. The summed E-state index contributed by atoms with van der Waals surface area (Å²) in [5, 5.41) is 20.3. The van der Waals surface area contributed by atoms with E-state index < -0.39 is 11.2 Å². The lowest BCUT2D eigenvalue weighted by atomic mass is 9.41. The third-order valence-corrected chi connectivity index (χ3v) is 4.50. The third kappa shape index (κ3) is 0.647. The summed E-state index contributed by atoms with van der Waals surface area (Å²) in [6.07, 6.45) is 2.59. The van der Waals surface area contributed by atoms with E-state index in [-0.39, 0.29) is 5.41 Å². The highest BCUT2D eigenvalue weighted by molar-refractivity contribution is 5.20. The van der Waals surface area contributed by atoms with E-state index in [4.69, 9.17) is 0 Å². The second kappa shape index (κ2) is 1.88. The first-order valence-corrected chi connectivity index (χ1v) is 4.76. The Bertz CT molecular complexity index is 210. The fraction of sp³-hybridized carbons (Fsp3) is 1.00. The van der Waals surface area contributed by atoms with Crippen LogP contribution in [-0.2, 0) is 0 Å². The molecule has 2 bridgehead atoms. The molecule has 0 heterocycles. The van der Waals surface area contributed by atoms with Crippen molar-refractivity contribution < 1.29 is 10.2 Å². The first kappa shape index (κ1) is 8.52. The number of hydrogen-bond donors (Lipinski definition) is 2. The van der Waals surface area contributed by atoms with Gasteiger partial charge in [-0.3, -0.25) is 0 Å². The molecule has 0 unspecified atom stereocenters. The minimum atomic E-state index is -0.870. The Balaban J connectivity index is 2.37. The normalized spacial score (nSPS) is 56.2. The highest BCUT2D eigenvalue weighted by atomic mass is 16.4. The van der Waals surface area contributed by atoms with Gasteiger partial charge in [-0.15, -0.1) is 0 Å². The molecular weight excluding hydrogens is 152 g/mol. The van der Waals surface area contributed by atoms with Gasteiger partial charge in [0.2, 0.25) is 0 Å². The average molecular weight is 170 g/mol. The van der Waals surface area contributed by atoms with Gasteiger partial charge in [0.25, 0.3) is 0 Å². The molecule has 0 aromatic heterocycles. The SMILES string of the molecule is CC1(C)[C@@H]2CC[C@](C)(O)[C@]1(O)C2. The predicted molar refractivity (Wildman–Crippen MR) is 46.7 cm³/mol. The van der Waals surface area contributed by atoms with Gasteiger partial charge in [0.05, 0.1) is 11.2 Å². The van der Waals surface area contributed by atoms with E-state index in [1.807, 2.05) is 0 Å². The smallest absolute Gasteiger partial charge is 0.0986 e. The molecule has 3 saturated carbocycles. The number of hydrogen-bond acceptors (Lipinski definition) is 2. The van der Waals surface area contributed by atoms with Crippen molar-refractivity contribution in [1.82, 2.24) is 0 Å². The van der Waals surface area contributed by atoms with Crippen LogP contribution in [-0.4, -0.2) is 21.4 Å². The molecule has 3 fully saturated rings. The molecule has 0 amide bonds. The van der Waals surface area contributed by atoms with Crippen LogP contribution in [0.15, 0.2) is 0 Å². The van der Waals surface area contributed by atoms with Gasteiger partial charge >= 0.3 is 0 Å². The van der Waals surface area contributed by atoms with E-state index in [2.05, 4.69) is 13.8 Å². The fourth-order valence-corrected chi connectivity index (χ4v) is 3.12. The Morgan fingerprint density at radius 2 is 1.75 bits per heavy atom. The van der Waals surface area contributed by atoms with Crippen molar-refractivity contribution in [3.8, 4) is 0 Å². The molecule has 70 valence electrons. The van der Waals surface area contributed by atoms with Crippen molar-refractivity contribution in [1.29, 1.82) is 0 Å². The zero-order valence-electron chi connectivity index (χ0n) is 8.09. The highest BCUT2D eigenvalue weighted by Gasteiger charge is 2.69. The highest BCUT2D eigenvalue weighted by Crippen LogP contribution is 2.65. The lowest BCUT2D eigenvalue weighted by Gasteiger charge is -2.68. The lowest BCUT2D eigenvalue weighted by molar-refractivity contribution is -0.312. The van der Waals surface area contributed by atoms with Crippen molar-refractivity contribution in [3.63, 3.8) is 0 Å². The summed E-state index contributed by atoms with van der Waals surface area (Å²) < 4.78 is 0. The minimum Gasteiger partial charge on any atom is -0.387 e. The second-order valence-electron chi connectivity index (χ2n) is 5.30. The molecule has 3 aliphatic rings. The Morgan fingerprint density at radius 1 is 1.17 bits per heavy atom. The van der Waals surface area contributed by atoms with E-state index in [9.17, 15) is 10.2 Å². The molecule has 2 N–H and O–H groups in total. The monoisotopic (exact) mass is 170 g/mol. The van der Waals surface area contributed by atoms with Crippen LogP contribution in [0.25, 0.3) is 0 Å². The van der Waals surface area contributed by atoms with Crippen LogP contribution in [0.1, 0.15) is 40.0 Å². The summed E-state index contributed by atoms with van der Waals surface area (Å²) in [5.41, 5.74) is -1.79. The Labute approximate surface area is 73.6 Å². The summed E-state index contributed by atoms with van der Waals surface area (Å²) in [7, 11) is 0. The number of aliphatic hydroxyl groups is 2. The number of rotatable bonds is 0. The largest absolute Gasteiger partial charge is 0.387 e. The molecule has 2 nitrogen and oxygen atoms in total. The molecule has 0 aromatic rings. The fourth-order valence-electron chi connectivity index (χ4n) is 3.12. The molecule has 3 aliphatic carbocycles. The molecule has 0 saturated heterocycles. The Morgan fingerprint density at radius 3 is 2.08 bits per heavy atom. The van der Waals surface area contributed by atoms with Crippen molar-refractivity contribution in [2.24, 2.45) is 11.3 Å². The van der Waals surface area contributed by atoms with Crippen molar-refractivity contribution in [2.75, 3.05) is 0 Å². The van der Waals surface area contributed by atoms with E-state index >= 15 is 0 Å². The van der Waals surface area contributed by atoms with Gasteiger partial charge in [-0.2, -0.15) is 0 Å². The van der Waals surface area contributed by atoms with E-state index in [0.29, 0.717) is 5.92 Å². The van der Waals surface area contributed by atoms with Crippen LogP contribution in [0.5, 0.6) is 0 Å². The van der Waals surface area contributed by atoms with Crippen molar-refractivity contribution in [2.45, 2.75) is 51.2 Å². The zero-order chi connectivity index (χ0) is 9.20. The molecule has 12 heavy (non-hydrogen) atoms. The van der Waals surface area contributed by atoms with Gasteiger partial charge < -0.3 is 10.2 Å². The van der Waals surface area contributed by atoms with Gasteiger partial charge in [-0.25, -0.2) is 0 Å². The maximum absolute atomic E-state index is 10.2. The Hall–Kier alpha value is -0.0800. The number of fused-ring (bicyclic) bond motifs is 2. The first-order valence-electron chi connectivity index (χ1n) is 4.76. The standard InChI is InChI=1S/C10H18O2/c1-8(2)7-4-5-9(3,11)10(8,12)6-7/h7,11-12H,4-6H2,1-3H3/t7-,9+,10+/m1/s1. The van der Waals surface area contributed by atoms with Gasteiger partial charge in [-0.05, 0) is 37.5 Å². The van der Waals surface area contributed by atoms with Crippen molar-refractivity contribution >= 4 is 0 Å². The average Bonchev–Trinajstić information content (AvgIpc) is 1.94. The summed E-state index contributed by atoms with van der Waals surface area (Å²) in [6.45, 7) is 5.90. The van der Waals surface area contributed by atoms with E-state index in [1.54, 1.807) is 6.92 Å². The van der Waals surface area contributed by atoms with Crippen LogP contribution in [0.3, 0.4) is 0 Å². The summed E-state index contributed by atoms with van der Waals surface area (Å²) in [6, 6.07) is 0. The van der Waals surface area contributed by atoms with Crippen LogP contribution < -0.4 is 0 Å². The lowest BCUT2D eigenvalue weighted by Crippen LogP contribution is -2.74. The maximum Gasteiger partial charge on any atom is 0.0986 e. The van der Waals surface area contributed by atoms with Crippen LogP contribution in [0.2, 0.25) is 0 Å². The second-order valence-corrected chi connectivity index (χ2v) is 5.30. The molecule has 0 radical (unpaired) electrons. The maximum atomic E-state index is 10.2. The zero-order valence-corrected chi connectivity index (χ0v) is 8.09. The van der Waals surface area contributed by atoms with Gasteiger partial charge in [-0.1, -0.05) is 13.8 Å². The summed E-state index contributed by atoms with van der Waals surface area (Å²) in [5.74, 6) is 0.614. The van der Waals surface area contributed by atoms with Crippen LogP contribution in [0, 0.1) is 11.3 Å². The predicted octanol–water partition coefficient (Wildman–Crippen LogP) is 1.31. The van der Waals surface area contributed by atoms with Gasteiger partial charge in [0.15, 0.2) is 0 Å². The molecule has 3 rings (SSSR count). The molecule has 0 aliphatic heterocycles. The van der Waals surface area contributed by atoms with Crippen LogP contribution >= 0.6 is 0 Å². The quantitative estimate of drug-likeness (QED) is 0.575. The van der Waals surface area contributed by atoms with E-state index in [1.165, 1.54) is 0 Å². The van der Waals surface area contributed by atoms with E-state index in [0.717, 1.165) is 19.3 Å². The summed E-state index contributed by atoms with van der Waals surface area (Å²) >= 11 is 0. The minimum absolute atomic E-state index is 0.0885. The molecular formula is C10H18O2.